The number of rotatable bonds is 5. The Labute approximate surface area is 157 Å². The number of benzene rings is 1. The van der Waals surface area contributed by atoms with E-state index in [0.29, 0.717) is 29.4 Å². The Morgan fingerprint density at radius 1 is 1.22 bits per heavy atom. The van der Waals surface area contributed by atoms with Crippen LogP contribution in [0.15, 0.2) is 35.5 Å². The minimum Gasteiger partial charge on any atom is -0.462 e. The first kappa shape index (κ1) is 19.1. The van der Waals surface area contributed by atoms with Crippen molar-refractivity contribution in [2.75, 3.05) is 6.61 Å². The second kappa shape index (κ2) is 8.33. The first-order chi connectivity index (χ1) is 13.0. The molecule has 7 heteroatoms. The fraction of sp³-hybridized carbons (Fsp3) is 0.500. The SMILES string of the molecule is CC1=C(C(=O)OCC2CCCCC2)C(c2ccc([N+](=O)[O-])cc2)CC(=O)N1. The lowest BCUT2D eigenvalue weighted by Crippen LogP contribution is -2.34. The molecule has 1 heterocycles. The summed E-state index contributed by atoms with van der Waals surface area (Å²) in [7, 11) is 0. The molecule has 0 aromatic heterocycles. The van der Waals surface area contributed by atoms with E-state index < -0.39 is 16.8 Å². The molecule has 1 unspecified atom stereocenters. The van der Waals surface area contributed by atoms with Crippen LogP contribution in [0.3, 0.4) is 0 Å². The quantitative estimate of drug-likeness (QED) is 0.484. The molecule has 0 bridgehead atoms. The molecule has 1 fully saturated rings. The third kappa shape index (κ3) is 4.53. The van der Waals surface area contributed by atoms with E-state index in [1.165, 1.54) is 31.4 Å². The van der Waals surface area contributed by atoms with E-state index in [2.05, 4.69) is 5.32 Å². The van der Waals surface area contributed by atoms with Crippen molar-refractivity contribution in [2.24, 2.45) is 5.92 Å². The van der Waals surface area contributed by atoms with Gasteiger partial charge in [-0.1, -0.05) is 31.4 Å². The Kier molecular flexibility index (Phi) is 5.88. The summed E-state index contributed by atoms with van der Waals surface area (Å²) in [5.41, 5.74) is 1.59. The molecule has 1 atom stereocenters. The minimum atomic E-state index is -0.474. The van der Waals surface area contributed by atoms with Crippen molar-refractivity contribution in [3.05, 3.63) is 51.2 Å². The van der Waals surface area contributed by atoms with Crippen LogP contribution in [0.25, 0.3) is 0 Å². The fourth-order valence-electron chi connectivity index (χ4n) is 3.91. The highest BCUT2D eigenvalue weighted by Gasteiger charge is 2.33. The third-order valence-electron chi connectivity index (χ3n) is 5.37. The van der Waals surface area contributed by atoms with Gasteiger partial charge in [0, 0.05) is 30.2 Å². The molecule has 144 valence electrons. The van der Waals surface area contributed by atoms with Crippen molar-refractivity contribution in [3.8, 4) is 0 Å². The third-order valence-corrected chi connectivity index (χ3v) is 5.37. The number of carbonyl (C=O) groups excluding carboxylic acids is 2. The van der Waals surface area contributed by atoms with Crippen LogP contribution in [-0.4, -0.2) is 23.4 Å². The summed E-state index contributed by atoms with van der Waals surface area (Å²) in [6.07, 6.45) is 5.85. The molecule has 1 saturated carbocycles. The smallest absolute Gasteiger partial charge is 0.336 e. The zero-order valence-electron chi connectivity index (χ0n) is 15.4. The maximum Gasteiger partial charge on any atom is 0.336 e. The molecule has 0 saturated heterocycles. The highest BCUT2D eigenvalue weighted by Crippen LogP contribution is 2.34. The van der Waals surface area contributed by atoms with Crippen LogP contribution < -0.4 is 5.32 Å². The summed E-state index contributed by atoms with van der Waals surface area (Å²) in [5.74, 6) is -0.654. The molecule has 1 aromatic rings. The molecule has 3 rings (SSSR count). The monoisotopic (exact) mass is 372 g/mol. The first-order valence-corrected chi connectivity index (χ1v) is 9.38. The Morgan fingerprint density at radius 3 is 2.52 bits per heavy atom. The van der Waals surface area contributed by atoms with Crippen LogP contribution >= 0.6 is 0 Å². The van der Waals surface area contributed by atoms with Crippen molar-refractivity contribution < 1.29 is 19.2 Å². The Hall–Kier alpha value is -2.70. The molecule has 27 heavy (non-hydrogen) atoms. The number of non-ortho nitro benzene ring substituents is 1. The zero-order valence-corrected chi connectivity index (χ0v) is 15.4. The average molecular weight is 372 g/mol. The number of allylic oxidation sites excluding steroid dienone is 1. The fourth-order valence-corrected chi connectivity index (χ4v) is 3.91. The summed E-state index contributed by atoms with van der Waals surface area (Å²) >= 11 is 0. The minimum absolute atomic E-state index is 0.0267. The van der Waals surface area contributed by atoms with Crippen LogP contribution in [-0.2, 0) is 14.3 Å². The molecule has 0 radical (unpaired) electrons. The van der Waals surface area contributed by atoms with Gasteiger partial charge >= 0.3 is 5.97 Å². The topological polar surface area (TPSA) is 98.5 Å². The molecule has 1 N–H and O–H groups in total. The van der Waals surface area contributed by atoms with Gasteiger partial charge in [0.25, 0.3) is 5.69 Å². The molecule has 2 aliphatic rings. The van der Waals surface area contributed by atoms with Crippen LogP contribution in [0.5, 0.6) is 0 Å². The number of ether oxygens (including phenoxy) is 1. The highest BCUT2D eigenvalue weighted by molar-refractivity contribution is 5.95. The van der Waals surface area contributed by atoms with Crippen LogP contribution in [0.2, 0.25) is 0 Å². The van der Waals surface area contributed by atoms with E-state index in [4.69, 9.17) is 4.74 Å². The number of nitro benzene ring substituents is 1. The van der Waals surface area contributed by atoms with Gasteiger partial charge in [0.2, 0.25) is 5.91 Å². The molecule has 1 aliphatic carbocycles. The van der Waals surface area contributed by atoms with Gasteiger partial charge in [0.05, 0.1) is 17.1 Å². The van der Waals surface area contributed by atoms with Gasteiger partial charge in [-0.05, 0) is 31.2 Å². The number of hydrogen-bond donors (Lipinski definition) is 1. The molecule has 1 aliphatic heterocycles. The lowest BCUT2D eigenvalue weighted by molar-refractivity contribution is -0.384. The van der Waals surface area contributed by atoms with Gasteiger partial charge in [0.1, 0.15) is 0 Å². The van der Waals surface area contributed by atoms with Gasteiger partial charge in [-0.25, -0.2) is 4.79 Å². The average Bonchev–Trinajstić information content (AvgIpc) is 2.66. The second-order valence-electron chi connectivity index (χ2n) is 7.29. The van der Waals surface area contributed by atoms with E-state index in [-0.39, 0.29) is 18.0 Å². The highest BCUT2D eigenvalue weighted by atomic mass is 16.6. The van der Waals surface area contributed by atoms with Gasteiger partial charge in [-0.2, -0.15) is 0 Å². The Morgan fingerprint density at radius 2 is 1.89 bits per heavy atom. The number of nitrogens with zero attached hydrogens (tertiary/aromatic N) is 1. The Balaban J connectivity index is 1.78. The largest absolute Gasteiger partial charge is 0.462 e. The molecular weight excluding hydrogens is 348 g/mol. The Bertz CT molecular complexity index is 763. The van der Waals surface area contributed by atoms with Crippen molar-refractivity contribution in [1.82, 2.24) is 5.32 Å². The maximum absolute atomic E-state index is 12.8. The summed E-state index contributed by atoms with van der Waals surface area (Å²) < 4.78 is 5.58. The molecule has 1 aromatic carbocycles. The van der Waals surface area contributed by atoms with Crippen molar-refractivity contribution >= 4 is 17.6 Å². The van der Waals surface area contributed by atoms with Crippen LogP contribution in [0.1, 0.15) is 56.9 Å². The van der Waals surface area contributed by atoms with E-state index in [1.54, 1.807) is 19.1 Å². The summed E-state index contributed by atoms with van der Waals surface area (Å²) in [6, 6.07) is 5.98. The van der Waals surface area contributed by atoms with E-state index >= 15 is 0 Å². The second-order valence-corrected chi connectivity index (χ2v) is 7.29. The summed E-state index contributed by atoms with van der Waals surface area (Å²) in [5, 5.41) is 13.6. The lowest BCUT2D eigenvalue weighted by atomic mass is 9.84. The van der Waals surface area contributed by atoms with Crippen LogP contribution in [0, 0.1) is 16.0 Å². The molecule has 0 spiro atoms. The molecule has 1 amide bonds. The predicted molar refractivity (Wildman–Crippen MR) is 98.8 cm³/mol. The number of nitro groups is 1. The number of carbonyl (C=O) groups is 2. The van der Waals surface area contributed by atoms with Gasteiger partial charge in [-0.15, -0.1) is 0 Å². The molecular formula is C20H24N2O5. The zero-order chi connectivity index (χ0) is 19.4. The van der Waals surface area contributed by atoms with Gasteiger partial charge in [-0.3, -0.25) is 14.9 Å². The standard InChI is InChI=1S/C20H24N2O5/c1-13-19(20(24)27-12-14-5-3-2-4-6-14)17(11-18(23)21-13)15-7-9-16(10-8-15)22(25)26/h7-10,14,17H,2-6,11-12H2,1H3,(H,21,23). The molecule has 7 nitrogen and oxygen atoms in total. The number of nitrogens with one attached hydrogen (secondary N) is 1. The van der Waals surface area contributed by atoms with Crippen molar-refractivity contribution in [1.29, 1.82) is 0 Å². The number of amides is 1. The van der Waals surface area contributed by atoms with Crippen molar-refractivity contribution in [2.45, 2.75) is 51.4 Å². The summed E-state index contributed by atoms with van der Waals surface area (Å²) in [4.78, 5) is 35.2. The van der Waals surface area contributed by atoms with E-state index in [1.807, 2.05) is 0 Å². The normalized spacial score (nSPS) is 20.9. The van der Waals surface area contributed by atoms with Crippen LogP contribution in [0.4, 0.5) is 5.69 Å². The predicted octanol–water partition coefficient (Wildman–Crippen LogP) is 3.60. The number of hydrogen-bond acceptors (Lipinski definition) is 5. The van der Waals surface area contributed by atoms with Gasteiger partial charge < -0.3 is 10.1 Å². The first-order valence-electron chi connectivity index (χ1n) is 9.38. The number of esters is 1. The van der Waals surface area contributed by atoms with Crippen molar-refractivity contribution in [3.63, 3.8) is 0 Å². The maximum atomic E-state index is 12.8. The summed E-state index contributed by atoms with van der Waals surface area (Å²) in [6.45, 7) is 2.09. The van der Waals surface area contributed by atoms with E-state index in [0.717, 1.165) is 12.8 Å². The lowest BCUT2D eigenvalue weighted by Gasteiger charge is -2.27. The van der Waals surface area contributed by atoms with E-state index in [9.17, 15) is 19.7 Å². The van der Waals surface area contributed by atoms with Gasteiger partial charge in [0.15, 0.2) is 0 Å².